The van der Waals surface area contributed by atoms with E-state index in [1.807, 2.05) is 37.3 Å². The van der Waals surface area contributed by atoms with Gasteiger partial charge in [-0.2, -0.15) is 0 Å². The van der Waals surface area contributed by atoms with Gasteiger partial charge in [0.05, 0.1) is 11.6 Å². The molecule has 0 unspecified atom stereocenters. The predicted octanol–water partition coefficient (Wildman–Crippen LogP) is 4.61. The number of nitrogens with one attached hydrogen (secondary N) is 2. The molecule has 0 heterocycles. The van der Waals surface area contributed by atoms with Crippen molar-refractivity contribution in [2.45, 2.75) is 6.92 Å². The van der Waals surface area contributed by atoms with Crippen molar-refractivity contribution in [1.29, 1.82) is 0 Å². The molecular weight excluding hydrogens is 368 g/mol. The van der Waals surface area contributed by atoms with Crippen LogP contribution in [0.1, 0.15) is 5.56 Å². The SMILES string of the molecule is Cc1ccc(NC(=O)NCCOc2ccccc2Cl)cc1Br. The monoisotopic (exact) mass is 382 g/mol. The van der Waals surface area contributed by atoms with Crippen LogP contribution in [-0.2, 0) is 0 Å². The lowest BCUT2D eigenvalue weighted by atomic mass is 10.2. The van der Waals surface area contributed by atoms with E-state index >= 15 is 0 Å². The largest absolute Gasteiger partial charge is 0.490 e. The van der Waals surface area contributed by atoms with Gasteiger partial charge >= 0.3 is 6.03 Å². The summed E-state index contributed by atoms with van der Waals surface area (Å²) in [6.45, 7) is 2.71. The Kier molecular flexibility index (Phi) is 6.10. The highest BCUT2D eigenvalue weighted by Gasteiger charge is 2.04. The first-order chi connectivity index (χ1) is 10.6. The van der Waals surface area contributed by atoms with Crippen molar-refractivity contribution >= 4 is 39.2 Å². The number of para-hydroxylation sites is 1. The molecule has 0 saturated heterocycles. The summed E-state index contributed by atoms with van der Waals surface area (Å²) in [5.41, 5.74) is 1.83. The number of aryl methyl sites for hydroxylation is 1. The van der Waals surface area contributed by atoms with E-state index in [2.05, 4.69) is 26.6 Å². The first kappa shape index (κ1) is 16.6. The fraction of sp³-hybridized carbons (Fsp3) is 0.188. The molecule has 2 aromatic carbocycles. The summed E-state index contributed by atoms with van der Waals surface area (Å²) >= 11 is 9.40. The molecule has 0 aliphatic carbocycles. The van der Waals surface area contributed by atoms with E-state index in [4.69, 9.17) is 16.3 Å². The average Bonchev–Trinajstić information content (AvgIpc) is 2.49. The van der Waals surface area contributed by atoms with Gasteiger partial charge in [-0.05, 0) is 36.8 Å². The summed E-state index contributed by atoms with van der Waals surface area (Å²) < 4.78 is 6.44. The second kappa shape index (κ2) is 8.06. The number of ether oxygens (including phenoxy) is 1. The summed E-state index contributed by atoms with van der Waals surface area (Å²) in [5, 5.41) is 6.03. The van der Waals surface area contributed by atoms with Gasteiger partial charge in [0.2, 0.25) is 0 Å². The van der Waals surface area contributed by atoms with Crippen molar-refractivity contribution in [3.63, 3.8) is 0 Å². The molecule has 2 N–H and O–H groups in total. The zero-order valence-corrected chi connectivity index (χ0v) is 14.4. The van der Waals surface area contributed by atoms with E-state index in [1.54, 1.807) is 12.1 Å². The molecule has 0 aliphatic heterocycles. The molecule has 0 atom stereocenters. The van der Waals surface area contributed by atoms with E-state index in [1.165, 1.54) is 0 Å². The van der Waals surface area contributed by atoms with Gasteiger partial charge in [0.15, 0.2) is 0 Å². The van der Waals surface area contributed by atoms with Crippen LogP contribution in [0.15, 0.2) is 46.9 Å². The molecular formula is C16H16BrClN2O2. The molecule has 0 saturated carbocycles. The first-order valence-electron chi connectivity index (χ1n) is 6.74. The molecule has 0 bridgehead atoms. The molecule has 4 nitrogen and oxygen atoms in total. The third kappa shape index (κ3) is 4.93. The average molecular weight is 384 g/mol. The number of carbonyl (C=O) groups is 1. The van der Waals surface area contributed by atoms with Crippen LogP contribution < -0.4 is 15.4 Å². The van der Waals surface area contributed by atoms with Crippen LogP contribution in [-0.4, -0.2) is 19.2 Å². The van der Waals surface area contributed by atoms with Crippen LogP contribution >= 0.6 is 27.5 Å². The Labute approximate surface area is 142 Å². The maximum atomic E-state index is 11.8. The molecule has 116 valence electrons. The Morgan fingerprint density at radius 1 is 1.27 bits per heavy atom. The van der Waals surface area contributed by atoms with Crippen LogP contribution in [0.4, 0.5) is 10.5 Å². The van der Waals surface area contributed by atoms with Crippen LogP contribution in [0.2, 0.25) is 5.02 Å². The van der Waals surface area contributed by atoms with Crippen molar-refractivity contribution in [1.82, 2.24) is 5.32 Å². The van der Waals surface area contributed by atoms with Crippen LogP contribution in [0.3, 0.4) is 0 Å². The van der Waals surface area contributed by atoms with Crippen LogP contribution in [0.25, 0.3) is 0 Å². The van der Waals surface area contributed by atoms with Gasteiger partial charge in [-0.15, -0.1) is 0 Å². The Balaban J connectivity index is 1.74. The minimum absolute atomic E-state index is 0.279. The van der Waals surface area contributed by atoms with Gasteiger partial charge in [-0.25, -0.2) is 4.79 Å². The van der Waals surface area contributed by atoms with E-state index in [9.17, 15) is 4.79 Å². The second-order valence-corrected chi connectivity index (χ2v) is 5.89. The quantitative estimate of drug-likeness (QED) is 0.741. The van der Waals surface area contributed by atoms with Crippen LogP contribution in [0.5, 0.6) is 5.75 Å². The second-order valence-electron chi connectivity index (χ2n) is 4.62. The van der Waals surface area contributed by atoms with Crippen molar-refractivity contribution in [3.05, 3.63) is 57.5 Å². The highest BCUT2D eigenvalue weighted by atomic mass is 79.9. The highest BCUT2D eigenvalue weighted by molar-refractivity contribution is 9.10. The molecule has 6 heteroatoms. The minimum Gasteiger partial charge on any atom is -0.490 e. The third-order valence-corrected chi connectivity index (χ3v) is 4.08. The van der Waals surface area contributed by atoms with Crippen molar-refractivity contribution in [2.24, 2.45) is 0 Å². The van der Waals surface area contributed by atoms with E-state index in [0.29, 0.717) is 23.9 Å². The number of hydrogen-bond acceptors (Lipinski definition) is 2. The number of amides is 2. The zero-order chi connectivity index (χ0) is 15.9. The lowest BCUT2D eigenvalue weighted by Crippen LogP contribution is -2.32. The maximum Gasteiger partial charge on any atom is 0.319 e. The summed E-state index contributed by atoms with van der Waals surface area (Å²) in [5.74, 6) is 0.605. The molecule has 0 spiro atoms. The first-order valence-corrected chi connectivity index (χ1v) is 7.91. The highest BCUT2D eigenvalue weighted by Crippen LogP contribution is 2.23. The van der Waals surface area contributed by atoms with E-state index in [0.717, 1.165) is 15.7 Å². The fourth-order valence-electron chi connectivity index (χ4n) is 1.73. The normalized spacial score (nSPS) is 10.1. The predicted molar refractivity (Wildman–Crippen MR) is 92.8 cm³/mol. The molecule has 0 fully saturated rings. The summed E-state index contributed by atoms with van der Waals surface area (Å²) in [6, 6.07) is 12.6. The standard InChI is InChI=1S/C16H16BrClN2O2/c1-11-6-7-12(10-13(11)17)20-16(21)19-8-9-22-15-5-3-2-4-14(15)18/h2-7,10H,8-9H2,1H3,(H2,19,20,21). The van der Waals surface area contributed by atoms with Crippen molar-refractivity contribution in [3.8, 4) is 5.75 Å². The van der Waals surface area contributed by atoms with Gasteiger partial charge in [0.1, 0.15) is 12.4 Å². The van der Waals surface area contributed by atoms with Gasteiger partial charge < -0.3 is 15.4 Å². The number of urea groups is 1. The number of hydrogen-bond donors (Lipinski definition) is 2. The van der Waals surface area contributed by atoms with E-state index < -0.39 is 0 Å². The number of anilines is 1. The molecule has 2 rings (SSSR count). The lowest BCUT2D eigenvalue weighted by Gasteiger charge is -2.10. The van der Waals surface area contributed by atoms with Gasteiger partial charge in [-0.3, -0.25) is 0 Å². The number of benzene rings is 2. The molecule has 22 heavy (non-hydrogen) atoms. The molecule has 0 radical (unpaired) electrons. The smallest absolute Gasteiger partial charge is 0.319 e. The Hall–Kier alpha value is -1.72. The van der Waals surface area contributed by atoms with Gasteiger partial charge in [0, 0.05) is 10.2 Å². The van der Waals surface area contributed by atoms with E-state index in [-0.39, 0.29) is 6.03 Å². The Bertz CT molecular complexity index is 664. The Morgan fingerprint density at radius 2 is 2.05 bits per heavy atom. The number of halogens is 2. The fourth-order valence-corrected chi connectivity index (χ4v) is 2.30. The zero-order valence-electron chi connectivity index (χ0n) is 12.0. The maximum absolute atomic E-state index is 11.8. The van der Waals surface area contributed by atoms with Gasteiger partial charge in [-0.1, -0.05) is 45.7 Å². The Morgan fingerprint density at radius 3 is 2.77 bits per heavy atom. The molecule has 2 aromatic rings. The topological polar surface area (TPSA) is 50.4 Å². The van der Waals surface area contributed by atoms with Crippen molar-refractivity contribution < 1.29 is 9.53 Å². The summed E-state index contributed by atoms with van der Waals surface area (Å²) in [7, 11) is 0. The molecule has 0 aliphatic rings. The van der Waals surface area contributed by atoms with Gasteiger partial charge in [0.25, 0.3) is 0 Å². The summed E-state index contributed by atoms with van der Waals surface area (Å²) in [4.78, 5) is 11.8. The number of carbonyl (C=O) groups excluding carboxylic acids is 1. The van der Waals surface area contributed by atoms with Crippen LogP contribution in [0, 0.1) is 6.92 Å². The summed E-state index contributed by atoms with van der Waals surface area (Å²) in [6.07, 6.45) is 0. The molecule has 2 amide bonds. The number of rotatable bonds is 5. The minimum atomic E-state index is -0.279. The lowest BCUT2D eigenvalue weighted by molar-refractivity contribution is 0.247. The third-order valence-electron chi connectivity index (χ3n) is 2.91. The molecule has 0 aromatic heterocycles. The van der Waals surface area contributed by atoms with Crippen molar-refractivity contribution in [2.75, 3.05) is 18.5 Å².